The molecule has 1 fully saturated rings. The van der Waals surface area contributed by atoms with Crippen LogP contribution in [0.4, 0.5) is 5.69 Å². The second kappa shape index (κ2) is 14.4. The van der Waals surface area contributed by atoms with Crippen LogP contribution < -0.4 is 10.6 Å². The maximum absolute atomic E-state index is 14.2. The van der Waals surface area contributed by atoms with Gasteiger partial charge in [-0.25, -0.2) is 9.59 Å². The lowest BCUT2D eigenvalue weighted by molar-refractivity contribution is -0.205. The zero-order chi connectivity index (χ0) is 33.6. The maximum Gasteiger partial charge on any atom is 0.348 e. The molecule has 0 aromatic heterocycles. The van der Waals surface area contributed by atoms with Crippen LogP contribution in [0.5, 0.6) is 0 Å². The molecule has 0 aliphatic carbocycles. The second-order valence-corrected chi connectivity index (χ2v) is 12.3. The van der Waals surface area contributed by atoms with E-state index in [0.29, 0.717) is 6.42 Å². The number of hydrogen-bond donors (Lipinski definition) is 4. The molecular weight excluding hydrogens is 588 g/mol. The molecule has 4 atom stereocenters. The van der Waals surface area contributed by atoms with Gasteiger partial charge in [0.25, 0.3) is 11.2 Å². The van der Waals surface area contributed by atoms with Crippen LogP contribution in [-0.4, -0.2) is 69.3 Å². The monoisotopic (exact) mass is 630 g/mol. The molecule has 3 aromatic carbocycles. The first-order valence-electron chi connectivity index (χ1n) is 15.5. The summed E-state index contributed by atoms with van der Waals surface area (Å²) in [5.41, 5.74) is 1.85. The Hall–Kier alpha value is -4.38. The lowest BCUT2D eigenvalue weighted by Gasteiger charge is -2.40. The summed E-state index contributed by atoms with van der Waals surface area (Å²) in [5.74, 6) is -7.62. The van der Waals surface area contributed by atoms with E-state index in [1.807, 2.05) is 25.1 Å². The number of ether oxygens (including phenoxy) is 1. The van der Waals surface area contributed by atoms with Crippen LogP contribution in [0.2, 0.25) is 0 Å². The van der Waals surface area contributed by atoms with Crippen molar-refractivity contribution in [3.63, 3.8) is 0 Å². The summed E-state index contributed by atoms with van der Waals surface area (Å²) in [7, 11) is 0. The molecule has 10 heteroatoms. The van der Waals surface area contributed by atoms with E-state index in [1.54, 1.807) is 13.8 Å². The van der Waals surface area contributed by atoms with Crippen molar-refractivity contribution in [2.75, 3.05) is 18.0 Å². The number of carbonyl (C=O) groups is 4. The van der Waals surface area contributed by atoms with Crippen molar-refractivity contribution in [3.05, 3.63) is 101 Å². The van der Waals surface area contributed by atoms with E-state index in [1.165, 1.54) is 55.0 Å². The largest absolute Gasteiger partial charge is 0.479 e. The van der Waals surface area contributed by atoms with Crippen molar-refractivity contribution < 1.29 is 39.2 Å². The number of Topliss-reactive ketones (excluding diaryl/α,β-unsaturated/α-hetero) is 2. The fourth-order valence-electron chi connectivity index (χ4n) is 6.09. The van der Waals surface area contributed by atoms with Crippen LogP contribution in [0, 0.1) is 19.8 Å². The van der Waals surface area contributed by atoms with E-state index in [0.717, 1.165) is 48.3 Å². The van der Waals surface area contributed by atoms with Crippen molar-refractivity contribution >= 4 is 29.2 Å². The smallest absolute Gasteiger partial charge is 0.348 e. The number of carboxylic acid groups (broad SMARTS) is 2. The fraction of sp³-hybridized carbons (Fsp3) is 0.389. The molecule has 0 bridgehead atoms. The van der Waals surface area contributed by atoms with Gasteiger partial charge >= 0.3 is 11.9 Å². The van der Waals surface area contributed by atoms with E-state index in [2.05, 4.69) is 11.0 Å². The molecule has 0 spiro atoms. The molecule has 1 aliphatic heterocycles. The molecule has 10 nitrogen and oxygen atoms in total. The number of para-hydroxylation sites is 1. The number of carbonyl (C=O) groups excluding carboxylic acids is 2. The Kier molecular flexibility index (Phi) is 10.8. The summed E-state index contributed by atoms with van der Waals surface area (Å²) in [6.45, 7) is 7.23. The lowest BCUT2D eigenvalue weighted by atomic mass is 9.72. The average Bonchev–Trinajstić information content (AvgIpc) is 3.03. The van der Waals surface area contributed by atoms with E-state index in [-0.39, 0.29) is 23.5 Å². The number of aliphatic carboxylic acids is 2. The van der Waals surface area contributed by atoms with Gasteiger partial charge in [0, 0.05) is 29.9 Å². The Labute approximate surface area is 268 Å². The molecule has 3 aromatic rings. The van der Waals surface area contributed by atoms with Gasteiger partial charge in [-0.3, -0.25) is 9.59 Å². The average molecular weight is 631 g/mol. The van der Waals surface area contributed by atoms with Gasteiger partial charge in [-0.2, -0.15) is 0 Å². The minimum atomic E-state index is -3.89. The van der Waals surface area contributed by atoms with Crippen molar-refractivity contribution in [1.82, 2.24) is 0 Å². The van der Waals surface area contributed by atoms with Gasteiger partial charge in [-0.1, -0.05) is 84.8 Å². The standard InChI is InChI=1S/C36H42N2O8/c1-23-11-15-26(16-12-23)31(39)35(45,33(41)42)36(34(43)44,32(40)27-17-13-24(2)14-18-27)46-30(37)22-25(3)21-28-9-5-6-10-29(28)38-19-7-4-8-20-38/h5-6,9-18,25,30,45H,4,7-8,19-22,37H2,1-3H3,(H,41,42)(H,43,44)/t25-,30?,35?,36?/m1/s1. The van der Waals surface area contributed by atoms with Gasteiger partial charge in [-0.05, 0) is 63.5 Å². The molecule has 46 heavy (non-hydrogen) atoms. The normalized spacial score (nSPS) is 17.3. The van der Waals surface area contributed by atoms with Gasteiger partial charge in [0.05, 0.1) is 0 Å². The summed E-state index contributed by atoms with van der Waals surface area (Å²) in [5, 5.41) is 32.8. The third-order valence-corrected chi connectivity index (χ3v) is 8.62. The topological polar surface area (TPSA) is 167 Å². The second-order valence-electron chi connectivity index (χ2n) is 12.3. The number of aryl methyl sites for hydroxylation is 2. The van der Waals surface area contributed by atoms with Crippen molar-refractivity contribution in [3.8, 4) is 0 Å². The van der Waals surface area contributed by atoms with Crippen LogP contribution in [0.1, 0.15) is 70.0 Å². The number of benzene rings is 3. The van der Waals surface area contributed by atoms with E-state index in [4.69, 9.17) is 10.5 Å². The number of ketones is 2. The summed E-state index contributed by atoms with van der Waals surface area (Å²) in [6, 6.07) is 19.1. The Morgan fingerprint density at radius 2 is 1.33 bits per heavy atom. The Bertz CT molecular complexity index is 1570. The summed E-state index contributed by atoms with van der Waals surface area (Å²) < 4.78 is 5.76. The Morgan fingerprint density at radius 1 is 0.804 bits per heavy atom. The fourth-order valence-corrected chi connectivity index (χ4v) is 6.09. The van der Waals surface area contributed by atoms with Crippen LogP contribution >= 0.6 is 0 Å². The maximum atomic E-state index is 14.2. The number of nitrogens with zero attached hydrogens (tertiary/aromatic N) is 1. The quantitative estimate of drug-likeness (QED) is 0.113. The van der Waals surface area contributed by atoms with Gasteiger partial charge < -0.3 is 30.7 Å². The molecule has 3 unspecified atom stereocenters. The van der Waals surface area contributed by atoms with Gasteiger partial charge in [-0.15, -0.1) is 0 Å². The number of rotatable bonds is 14. The van der Waals surface area contributed by atoms with Crippen molar-refractivity contribution in [2.45, 2.75) is 70.3 Å². The molecule has 244 valence electrons. The number of aliphatic hydroxyl groups is 1. The highest BCUT2D eigenvalue weighted by atomic mass is 16.6. The van der Waals surface area contributed by atoms with Crippen molar-refractivity contribution in [1.29, 1.82) is 0 Å². The van der Waals surface area contributed by atoms with Crippen LogP contribution in [0.15, 0.2) is 72.8 Å². The SMILES string of the molecule is Cc1ccc(C(=O)C(O)(C(=O)O)C(OC(N)C[C@H](C)Cc2ccccc2N2CCCCC2)(C(=O)O)C(=O)c2ccc(C)cc2)cc1. The highest BCUT2D eigenvalue weighted by Gasteiger charge is 2.72. The van der Waals surface area contributed by atoms with Gasteiger partial charge in [0.1, 0.15) is 6.23 Å². The first-order valence-corrected chi connectivity index (χ1v) is 15.5. The predicted molar refractivity (Wildman–Crippen MR) is 173 cm³/mol. The first-order chi connectivity index (χ1) is 21.8. The highest BCUT2D eigenvalue weighted by Crippen LogP contribution is 2.37. The molecule has 0 amide bonds. The van der Waals surface area contributed by atoms with Crippen LogP contribution in [-0.2, 0) is 20.7 Å². The number of nitrogens with two attached hydrogens (primary N) is 1. The van der Waals surface area contributed by atoms with Crippen LogP contribution in [0.25, 0.3) is 0 Å². The number of carboxylic acids is 2. The molecule has 0 radical (unpaired) electrons. The molecule has 0 saturated carbocycles. The third-order valence-electron chi connectivity index (χ3n) is 8.62. The first kappa shape index (κ1) is 34.5. The minimum absolute atomic E-state index is 0.0149. The molecule has 1 aliphatic rings. The molecular formula is C36H42N2O8. The summed E-state index contributed by atoms with van der Waals surface area (Å²) >= 11 is 0. The molecule has 1 heterocycles. The lowest BCUT2D eigenvalue weighted by Crippen LogP contribution is -2.73. The highest BCUT2D eigenvalue weighted by molar-refractivity contribution is 6.28. The van der Waals surface area contributed by atoms with E-state index >= 15 is 0 Å². The third kappa shape index (κ3) is 6.89. The van der Waals surface area contributed by atoms with Gasteiger partial charge in [0.15, 0.2) is 0 Å². The van der Waals surface area contributed by atoms with E-state index in [9.17, 15) is 34.5 Å². The van der Waals surface area contributed by atoms with Gasteiger partial charge in [0.2, 0.25) is 11.6 Å². The zero-order valence-electron chi connectivity index (χ0n) is 26.4. The van der Waals surface area contributed by atoms with E-state index < -0.39 is 40.9 Å². The number of anilines is 1. The Balaban J connectivity index is 1.73. The van der Waals surface area contributed by atoms with Crippen LogP contribution in [0.3, 0.4) is 0 Å². The Morgan fingerprint density at radius 3 is 1.85 bits per heavy atom. The zero-order valence-corrected chi connectivity index (χ0v) is 26.4. The molecule has 5 N–H and O–H groups in total. The minimum Gasteiger partial charge on any atom is -0.479 e. The number of hydrogen-bond acceptors (Lipinski definition) is 8. The number of piperidine rings is 1. The molecule has 4 rings (SSSR count). The molecule has 1 saturated heterocycles. The summed E-state index contributed by atoms with van der Waals surface area (Å²) in [4.78, 5) is 56.4. The predicted octanol–water partition coefficient (Wildman–Crippen LogP) is 4.57. The van der Waals surface area contributed by atoms with Crippen molar-refractivity contribution in [2.24, 2.45) is 11.7 Å². The summed E-state index contributed by atoms with van der Waals surface area (Å²) in [6.07, 6.45) is 2.34.